The number of aromatic carboxylic acids is 1. The number of carboxylic acid groups (broad SMARTS) is 1. The second-order valence-electron chi connectivity index (χ2n) is 3.89. The van der Waals surface area contributed by atoms with E-state index >= 15 is 0 Å². The fourth-order valence-electron chi connectivity index (χ4n) is 1.83. The maximum absolute atomic E-state index is 11.0. The van der Waals surface area contributed by atoms with Crippen LogP contribution >= 0.6 is 0 Å². The van der Waals surface area contributed by atoms with Crippen molar-refractivity contribution in [2.45, 2.75) is 0 Å². The Morgan fingerprint density at radius 1 is 1.37 bits per heavy atom. The normalized spacial score (nSPS) is 10.8. The molecule has 6 heteroatoms. The monoisotopic (exact) mass is 259 g/mol. The van der Waals surface area contributed by atoms with Crippen molar-refractivity contribution >= 4 is 16.9 Å². The third kappa shape index (κ3) is 1.83. The van der Waals surface area contributed by atoms with Gasteiger partial charge in [0.2, 0.25) is 5.76 Å². The predicted octanol–water partition coefficient (Wildman–Crippen LogP) is 2.79. The van der Waals surface area contributed by atoms with E-state index in [9.17, 15) is 4.79 Å². The predicted molar refractivity (Wildman–Crippen MR) is 65.2 cm³/mol. The first kappa shape index (κ1) is 11.3. The van der Waals surface area contributed by atoms with E-state index in [0.717, 1.165) is 11.6 Å². The van der Waals surface area contributed by atoms with Crippen LogP contribution < -0.4 is 4.74 Å². The quantitative estimate of drug-likeness (QED) is 0.778. The molecular weight excluding hydrogens is 250 g/mol. The molecule has 0 saturated carbocycles. The van der Waals surface area contributed by atoms with Crippen molar-refractivity contribution in [2.24, 2.45) is 0 Å². The van der Waals surface area contributed by atoms with E-state index in [4.69, 9.17) is 18.8 Å². The summed E-state index contributed by atoms with van der Waals surface area (Å²) in [6.45, 7) is 0. The number of nitrogens with zero attached hydrogens (tertiary/aromatic N) is 1. The van der Waals surface area contributed by atoms with Crippen LogP contribution in [-0.4, -0.2) is 23.3 Å². The topological polar surface area (TPSA) is 85.7 Å². The molecule has 0 unspecified atom stereocenters. The average Bonchev–Trinajstić information content (AvgIpc) is 3.03. The van der Waals surface area contributed by atoms with Crippen LogP contribution in [0, 0.1) is 0 Å². The lowest BCUT2D eigenvalue weighted by molar-refractivity contribution is 0.0697. The molecule has 0 spiro atoms. The van der Waals surface area contributed by atoms with Crippen molar-refractivity contribution in [2.75, 3.05) is 7.11 Å². The molecular formula is C13H9NO5. The molecule has 0 aliphatic heterocycles. The van der Waals surface area contributed by atoms with E-state index in [1.807, 2.05) is 0 Å². The molecule has 0 amide bonds. The highest BCUT2D eigenvalue weighted by Crippen LogP contribution is 2.31. The molecule has 2 aromatic heterocycles. The number of carbonyl (C=O) groups is 1. The number of benzene rings is 1. The Balaban J connectivity index is 2.15. The van der Waals surface area contributed by atoms with E-state index in [0.29, 0.717) is 17.1 Å². The number of rotatable bonds is 3. The lowest BCUT2D eigenvalue weighted by Gasteiger charge is -1.96. The molecule has 0 aliphatic rings. The smallest absolute Gasteiger partial charge is 0.341 e. The minimum absolute atomic E-state index is 0.0361. The summed E-state index contributed by atoms with van der Waals surface area (Å²) in [5.41, 5.74) is 0.578. The maximum Gasteiger partial charge on any atom is 0.341 e. The summed E-state index contributed by atoms with van der Waals surface area (Å²) >= 11 is 0. The van der Waals surface area contributed by atoms with Gasteiger partial charge in [0.15, 0.2) is 5.76 Å². The van der Waals surface area contributed by atoms with Gasteiger partial charge in [0.25, 0.3) is 0 Å². The number of furan rings is 1. The van der Waals surface area contributed by atoms with E-state index in [1.54, 1.807) is 31.4 Å². The fourth-order valence-corrected chi connectivity index (χ4v) is 1.83. The zero-order chi connectivity index (χ0) is 13.4. The maximum atomic E-state index is 11.0. The van der Waals surface area contributed by atoms with Gasteiger partial charge in [-0.15, -0.1) is 0 Å². The molecule has 3 aromatic rings. The molecule has 0 fully saturated rings. The van der Waals surface area contributed by atoms with Gasteiger partial charge in [-0.25, -0.2) is 4.79 Å². The summed E-state index contributed by atoms with van der Waals surface area (Å²) in [5, 5.41) is 13.3. The summed E-state index contributed by atoms with van der Waals surface area (Å²) in [6, 6.07) is 6.98. The first-order valence-corrected chi connectivity index (χ1v) is 5.45. The van der Waals surface area contributed by atoms with E-state index in [2.05, 4.69) is 5.16 Å². The van der Waals surface area contributed by atoms with Crippen LogP contribution in [0.1, 0.15) is 10.4 Å². The lowest BCUT2D eigenvalue weighted by atomic mass is 10.2. The SMILES string of the molecule is COc1ccc2oc(-c3oncc3C(=O)O)cc2c1. The highest BCUT2D eigenvalue weighted by atomic mass is 16.5. The minimum Gasteiger partial charge on any atom is -0.497 e. The molecule has 0 bridgehead atoms. The van der Waals surface area contributed by atoms with Gasteiger partial charge in [-0.1, -0.05) is 5.16 Å². The van der Waals surface area contributed by atoms with Crippen LogP contribution in [0.25, 0.3) is 22.5 Å². The molecule has 0 saturated heterocycles. The molecule has 6 nitrogen and oxygen atoms in total. The Hall–Kier alpha value is -2.76. The standard InChI is InChI=1S/C13H9NO5/c1-17-8-2-3-10-7(4-8)5-11(18-10)12-9(13(15)16)6-14-19-12/h2-6H,1H3,(H,15,16). The van der Waals surface area contributed by atoms with Crippen molar-refractivity contribution in [3.63, 3.8) is 0 Å². The Kier molecular flexibility index (Phi) is 2.49. The van der Waals surface area contributed by atoms with Crippen molar-refractivity contribution in [3.8, 4) is 17.3 Å². The van der Waals surface area contributed by atoms with Crippen molar-refractivity contribution in [3.05, 3.63) is 36.0 Å². The molecule has 19 heavy (non-hydrogen) atoms. The molecule has 1 N–H and O–H groups in total. The van der Waals surface area contributed by atoms with Crippen molar-refractivity contribution in [1.29, 1.82) is 0 Å². The summed E-state index contributed by atoms with van der Waals surface area (Å²) in [7, 11) is 1.57. The summed E-state index contributed by atoms with van der Waals surface area (Å²) < 4.78 is 15.6. The van der Waals surface area contributed by atoms with Crippen LogP contribution in [0.15, 0.2) is 39.4 Å². The Morgan fingerprint density at radius 2 is 2.21 bits per heavy atom. The van der Waals surface area contributed by atoms with Crippen LogP contribution in [0.2, 0.25) is 0 Å². The van der Waals surface area contributed by atoms with E-state index < -0.39 is 5.97 Å². The van der Waals surface area contributed by atoms with Crippen molar-refractivity contribution < 1.29 is 23.6 Å². The van der Waals surface area contributed by atoms with E-state index in [-0.39, 0.29) is 11.3 Å². The van der Waals surface area contributed by atoms with Gasteiger partial charge < -0.3 is 18.8 Å². The zero-order valence-corrected chi connectivity index (χ0v) is 9.91. The first-order chi connectivity index (χ1) is 9.19. The number of aromatic nitrogens is 1. The van der Waals surface area contributed by atoms with E-state index in [1.165, 1.54) is 0 Å². The second kappa shape index (κ2) is 4.16. The molecule has 0 radical (unpaired) electrons. The molecule has 3 rings (SSSR count). The van der Waals surface area contributed by atoms with Gasteiger partial charge in [0.05, 0.1) is 13.3 Å². The number of ether oxygens (including phenoxy) is 1. The van der Waals surface area contributed by atoms with Crippen molar-refractivity contribution in [1.82, 2.24) is 5.16 Å². The Bertz CT molecular complexity index is 755. The number of fused-ring (bicyclic) bond motifs is 1. The molecule has 96 valence electrons. The van der Waals surface area contributed by atoms with Gasteiger partial charge >= 0.3 is 5.97 Å². The molecule has 0 aliphatic carbocycles. The van der Waals surface area contributed by atoms with Crippen LogP contribution in [0.3, 0.4) is 0 Å². The van der Waals surface area contributed by atoms with Crippen LogP contribution in [-0.2, 0) is 0 Å². The molecule has 2 heterocycles. The average molecular weight is 259 g/mol. The molecule has 1 aromatic carbocycles. The van der Waals surface area contributed by atoms with Crippen LogP contribution in [0.4, 0.5) is 0 Å². The largest absolute Gasteiger partial charge is 0.497 e. The summed E-state index contributed by atoms with van der Waals surface area (Å²) in [5.74, 6) is -0.00835. The second-order valence-corrected chi connectivity index (χ2v) is 3.89. The highest BCUT2D eigenvalue weighted by Gasteiger charge is 2.20. The third-order valence-corrected chi connectivity index (χ3v) is 2.75. The number of hydrogen-bond acceptors (Lipinski definition) is 5. The molecule has 0 atom stereocenters. The van der Waals surface area contributed by atoms with Gasteiger partial charge in [-0.3, -0.25) is 0 Å². The minimum atomic E-state index is -1.12. The first-order valence-electron chi connectivity index (χ1n) is 5.45. The number of methoxy groups -OCH3 is 1. The van der Waals surface area contributed by atoms with Gasteiger partial charge in [0, 0.05) is 5.39 Å². The van der Waals surface area contributed by atoms with Gasteiger partial charge in [-0.2, -0.15) is 0 Å². The van der Waals surface area contributed by atoms with Gasteiger partial charge in [-0.05, 0) is 24.3 Å². The summed E-state index contributed by atoms with van der Waals surface area (Å²) in [4.78, 5) is 11.0. The van der Waals surface area contributed by atoms with Crippen LogP contribution in [0.5, 0.6) is 5.75 Å². The highest BCUT2D eigenvalue weighted by molar-refractivity contribution is 5.94. The Morgan fingerprint density at radius 3 is 2.95 bits per heavy atom. The Labute approximate surface area is 107 Å². The third-order valence-electron chi connectivity index (χ3n) is 2.75. The number of hydrogen-bond donors (Lipinski definition) is 1. The number of carboxylic acids is 1. The van der Waals surface area contributed by atoms with Gasteiger partial charge in [0.1, 0.15) is 16.9 Å². The lowest BCUT2D eigenvalue weighted by Crippen LogP contribution is -1.95. The summed E-state index contributed by atoms with van der Waals surface area (Å²) in [6.07, 6.45) is 1.14. The fraction of sp³-hybridized carbons (Fsp3) is 0.0769. The zero-order valence-electron chi connectivity index (χ0n) is 9.91.